The molecule has 0 amide bonds. The summed E-state index contributed by atoms with van der Waals surface area (Å²) in [4.78, 5) is 0. The van der Waals surface area contributed by atoms with E-state index in [9.17, 15) is 17.7 Å². The smallest absolute Gasteiger partial charge is 0.486 e. The fraction of sp³-hybridized carbons (Fsp3) is 0.200. The van der Waals surface area contributed by atoms with Crippen molar-refractivity contribution in [1.82, 2.24) is 0 Å². The van der Waals surface area contributed by atoms with Gasteiger partial charge in [0.1, 0.15) is 11.5 Å². The van der Waals surface area contributed by atoms with Crippen LogP contribution in [0.15, 0.2) is 54.6 Å². The number of anilines is 1. The average molecular weight is 361 g/mol. The summed E-state index contributed by atoms with van der Waals surface area (Å²) in [5.74, 6) is 0.652. The maximum atomic E-state index is 12.7. The average Bonchev–Trinajstić information content (AvgIpc) is 2.54. The van der Waals surface area contributed by atoms with Crippen molar-refractivity contribution in [2.24, 2.45) is 0 Å². The Labute approximate surface area is 136 Å². The number of halogens is 3. The molecule has 24 heavy (non-hydrogen) atoms. The van der Waals surface area contributed by atoms with E-state index in [-0.39, 0.29) is 11.4 Å². The molecule has 0 saturated heterocycles. The molecule has 0 aliphatic carbocycles. The zero-order chi connectivity index (χ0) is 17.6. The summed E-state index contributed by atoms with van der Waals surface area (Å²) in [6.45, 7) is -1.71. The first-order chi connectivity index (χ1) is 11.3. The van der Waals surface area contributed by atoms with Crippen LogP contribution in [0.3, 0.4) is 0 Å². The van der Waals surface area contributed by atoms with Gasteiger partial charge in [-0.15, -0.1) is 0 Å². The topological polar surface area (TPSA) is 56.8 Å². The number of nitrogens with one attached hydrogen (secondary N) is 1. The standard InChI is InChI=1S/C15H15F3NO4P/c1-21-13-9-7-12(8-10-13)19-24(20,22-11-15(16,17)18)23-14-5-3-2-4-6-14/h2-10H,11H2,1H3,(H,19,20)/t24-/m1/s1. The minimum atomic E-state index is -4.64. The molecule has 1 N–H and O–H groups in total. The minimum absolute atomic E-state index is 0.115. The lowest BCUT2D eigenvalue weighted by atomic mass is 10.3. The van der Waals surface area contributed by atoms with Gasteiger partial charge in [0.15, 0.2) is 6.61 Å². The van der Waals surface area contributed by atoms with Gasteiger partial charge >= 0.3 is 13.9 Å². The minimum Gasteiger partial charge on any atom is -0.497 e. The van der Waals surface area contributed by atoms with Crippen molar-refractivity contribution < 1.29 is 31.5 Å². The zero-order valence-corrected chi connectivity index (χ0v) is 13.5. The quantitative estimate of drug-likeness (QED) is 0.713. The van der Waals surface area contributed by atoms with Gasteiger partial charge < -0.3 is 9.26 Å². The number of ether oxygens (including phenoxy) is 1. The van der Waals surface area contributed by atoms with E-state index in [0.29, 0.717) is 5.75 Å². The number of hydrogen-bond donors (Lipinski definition) is 1. The number of para-hydroxylation sites is 1. The maximum absolute atomic E-state index is 12.7. The third-order valence-electron chi connectivity index (χ3n) is 2.72. The van der Waals surface area contributed by atoms with Crippen LogP contribution in [0.5, 0.6) is 11.5 Å². The molecule has 2 aromatic carbocycles. The highest BCUT2D eigenvalue weighted by Crippen LogP contribution is 2.49. The van der Waals surface area contributed by atoms with Gasteiger partial charge in [0.05, 0.1) is 7.11 Å². The Hall–Kier alpha value is -2.18. The lowest BCUT2D eigenvalue weighted by Crippen LogP contribution is -2.19. The van der Waals surface area contributed by atoms with Gasteiger partial charge in [-0.3, -0.25) is 9.61 Å². The van der Waals surface area contributed by atoms with Gasteiger partial charge in [-0.05, 0) is 36.4 Å². The molecule has 0 aromatic heterocycles. The summed E-state index contributed by atoms with van der Waals surface area (Å²) in [6, 6.07) is 13.9. The van der Waals surface area contributed by atoms with Crippen LogP contribution in [0, 0.1) is 0 Å². The van der Waals surface area contributed by atoms with Crippen LogP contribution in [-0.4, -0.2) is 19.9 Å². The third-order valence-corrected chi connectivity index (χ3v) is 4.18. The van der Waals surface area contributed by atoms with Crippen LogP contribution in [0.4, 0.5) is 18.9 Å². The molecule has 0 aliphatic heterocycles. The Morgan fingerprint density at radius 3 is 2.17 bits per heavy atom. The first-order valence-electron chi connectivity index (χ1n) is 6.78. The molecule has 0 aliphatic rings. The molecule has 0 saturated carbocycles. The Morgan fingerprint density at radius 2 is 1.62 bits per heavy atom. The van der Waals surface area contributed by atoms with E-state index in [1.165, 1.54) is 31.4 Å². The summed E-state index contributed by atoms with van der Waals surface area (Å²) >= 11 is 0. The van der Waals surface area contributed by atoms with E-state index >= 15 is 0 Å². The summed E-state index contributed by atoms with van der Waals surface area (Å²) in [7, 11) is -2.82. The number of benzene rings is 2. The van der Waals surface area contributed by atoms with Crippen LogP contribution in [-0.2, 0) is 9.09 Å². The number of hydrogen-bond acceptors (Lipinski definition) is 4. The van der Waals surface area contributed by atoms with E-state index in [2.05, 4.69) is 9.61 Å². The highest BCUT2D eigenvalue weighted by molar-refractivity contribution is 7.55. The molecule has 0 unspecified atom stereocenters. The van der Waals surface area contributed by atoms with Crippen molar-refractivity contribution in [3.8, 4) is 11.5 Å². The molecule has 0 bridgehead atoms. The van der Waals surface area contributed by atoms with Crippen LogP contribution >= 0.6 is 7.75 Å². The molecule has 0 spiro atoms. The summed E-state index contributed by atoms with van der Waals surface area (Å²) < 4.78 is 64.6. The van der Waals surface area contributed by atoms with Gasteiger partial charge in [0, 0.05) is 5.69 Å². The van der Waals surface area contributed by atoms with Gasteiger partial charge in [-0.25, -0.2) is 4.57 Å². The van der Waals surface area contributed by atoms with Crippen molar-refractivity contribution >= 4 is 13.4 Å². The first kappa shape index (κ1) is 18.2. The Balaban J connectivity index is 2.18. The maximum Gasteiger partial charge on any atom is 0.486 e. The lowest BCUT2D eigenvalue weighted by Gasteiger charge is -2.21. The van der Waals surface area contributed by atoms with Gasteiger partial charge in [-0.1, -0.05) is 18.2 Å². The summed E-state index contributed by atoms with van der Waals surface area (Å²) in [5, 5.41) is 2.38. The van der Waals surface area contributed by atoms with Crippen LogP contribution in [0.25, 0.3) is 0 Å². The highest BCUT2D eigenvalue weighted by atomic mass is 31.2. The van der Waals surface area contributed by atoms with Crippen molar-refractivity contribution in [2.75, 3.05) is 18.8 Å². The number of methoxy groups -OCH3 is 1. The molecular formula is C15H15F3NO4P. The lowest BCUT2D eigenvalue weighted by molar-refractivity contribution is -0.154. The summed E-state index contributed by atoms with van der Waals surface area (Å²) in [5.41, 5.74) is 0.261. The molecule has 130 valence electrons. The molecular weight excluding hydrogens is 346 g/mol. The fourth-order valence-electron chi connectivity index (χ4n) is 1.68. The molecule has 0 radical (unpaired) electrons. The van der Waals surface area contributed by atoms with E-state index in [0.717, 1.165) is 0 Å². The number of alkyl halides is 3. The Kier molecular flexibility index (Phi) is 5.75. The zero-order valence-electron chi connectivity index (χ0n) is 12.6. The highest BCUT2D eigenvalue weighted by Gasteiger charge is 2.36. The van der Waals surface area contributed by atoms with Crippen LogP contribution in [0.1, 0.15) is 0 Å². The van der Waals surface area contributed by atoms with Crippen molar-refractivity contribution in [2.45, 2.75) is 6.18 Å². The second kappa shape index (κ2) is 7.59. The number of rotatable bonds is 7. The Morgan fingerprint density at radius 1 is 1.00 bits per heavy atom. The largest absolute Gasteiger partial charge is 0.497 e. The van der Waals surface area contributed by atoms with Crippen molar-refractivity contribution in [3.05, 3.63) is 54.6 Å². The predicted octanol–water partition coefficient (Wildman–Crippen LogP) is 4.87. The first-order valence-corrected chi connectivity index (χ1v) is 8.32. The SMILES string of the molecule is COc1ccc(N[P@@](=O)(OCC(F)(F)F)Oc2ccccc2)cc1. The van der Waals surface area contributed by atoms with Crippen molar-refractivity contribution in [3.63, 3.8) is 0 Å². The normalized spacial score (nSPS) is 13.8. The van der Waals surface area contributed by atoms with E-state index < -0.39 is 20.5 Å². The molecule has 2 aromatic rings. The van der Waals surface area contributed by atoms with E-state index in [1.54, 1.807) is 30.3 Å². The molecule has 0 fully saturated rings. The molecule has 5 nitrogen and oxygen atoms in total. The predicted molar refractivity (Wildman–Crippen MR) is 83.3 cm³/mol. The summed E-state index contributed by atoms with van der Waals surface area (Å²) in [6.07, 6.45) is -4.64. The molecule has 1 atom stereocenters. The fourth-order valence-corrected chi connectivity index (χ4v) is 3.03. The monoisotopic (exact) mass is 361 g/mol. The molecule has 0 heterocycles. The third kappa shape index (κ3) is 5.79. The van der Waals surface area contributed by atoms with E-state index in [4.69, 9.17) is 9.26 Å². The van der Waals surface area contributed by atoms with E-state index in [1.807, 2.05) is 0 Å². The van der Waals surface area contributed by atoms with Gasteiger partial charge in [-0.2, -0.15) is 13.2 Å². The second-order valence-corrected chi connectivity index (χ2v) is 6.29. The molecule has 9 heteroatoms. The van der Waals surface area contributed by atoms with Gasteiger partial charge in [0.2, 0.25) is 0 Å². The van der Waals surface area contributed by atoms with Crippen LogP contribution in [0.2, 0.25) is 0 Å². The van der Waals surface area contributed by atoms with Gasteiger partial charge in [0.25, 0.3) is 0 Å². The van der Waals surface area contributed by atoms with Crippen molar-refractivity contribution in [1.29, 1.82) is 0 Å². The second-order valence-electron chi connectivity index (χ2n) is 4.63. The molecule has 2 rings (SSSR count). The Bertz CT molecular complexity index is 692. The van der Waals surface area contributed by atoms with Crippen LogP contribution < -0.4 is 14.3 Å².